The Bertz CT molecular complexity index is 1660. The van der Waals surface area contributed by atoms with Crippen LogP contribution in [0, 0.1) is 5.92 Å². The monoisotopic (exact) mass is 738 g/mol. The van der Waals surface area contributed by atoms with Gasteiger partial charge in [-0.3, -0.25) is 9.59 Å². The van der Waals surface area contributed by atoms with Crippen LogP contribution < -0.4 is 16.4 Å². The van der Waals surface area contributed by atoms with Gasteiger partial charge in [-0.05, 0) is 52.2 Å². The maximum atomic E-state index is 14.5. The molecule has 5 N–H and O–H groups in total. The summed E-state index contributed by atoms with van der Waals surface area (Å²) >= 11 is 3.30. The van der Waals surface area contributed by atoms with Crippen LogP contribution in [0.25, 0.3) is 0 Å². The second kappa shape index (κ2) is 18.6. The van der Waals surface area contributed by atoms with E-state index in [2.05, 4.69) is 83.4 Å². The maximum Gasteiger partial charge on any atom is 0.326 e. The van der Waals surface area contributed by atoms with Crippen LogP contribution in [0.4, 0.5) is 0 Å². The third-order valence-corrected chi connectivity index (χ3v) is 12.0. The van der Waals surface area contributed by atoms with E-state index in [0.29, 0.717) is 30.9 Å². The lowest BCUT2D eigenvalue weighted by Crippen LogP contribution is -2.60. The first-order valence-corrected chi connectivity index (χ1v) is 20.2. The minimum atomic E-state index is -1.08. The van der Waals surface area contributed by atoms with E-state index < -0.39 is 34.7 Å². The zero-order valence-electron chi connectivity index (χ0n) is 30.1. The SMILES string of the molecule is CSCC[C@H](NC(=O)[C@H]1Cc2ccccc2CN1C(=O)[C@@H](NCC(N)CSC(c1ccccc1)(c1ccccc1)c1ccccc1)C(C)C)C(=O)O. The number of amides is 2. The minimum absolute atomic E-state index is 0.0985. The number of carboxylic acid groups (broad SMARTS) is 1. The lowest BCUT2D eigenvalue weighted by molar-refractivity contribution is -0.146. The second-order valence-corrected chi connectivity index (χ2v) is 15.8. The van der Waals surface area contributed by atoms with Crippen LogP contribution in [0.2, 0.25) is 0 Å². The Balaban J connectivity index is 1.35. The Labute approximate surface area is 316 Å². The molecule has 0 aromatic heterocycles. The number of nitrogens with one attached hydrogen (secondary N) is 2. The summed E-state index contributed by atoms with van der Waals surface area (Å²) in [5.74, 6) is -0.647. The smallest absolute Gasteiger partial charge is 0.326 e. The molecule has 0 saturated heterocycles. The van der Waals surface area contributed by atoms with E-state index in [9.17, 15) is 19.5 Å². The van der Waals surface area contributed by atoms with Crippen LogP contribution in [0.1, 0.15) is 48.1 Å². The molecule has 4 aromatic carbocycles. The average molecular weight is 739 g/mol. The lowest BCUT2D eigenvalue weighted by Gasteiger charge is -2.39. The largest absolute Gasteiger partial charge is 0.480 e. The molecular weight excluding hydrogens is 689 g/mol. The molecule has 274 valence electrons. The molecule has 52 heavy (non-hydrogen) atoms. The van der Waals surface area contributed by atoms with Crippen LogP contribution in [0.5, 0.6) is 0 Å². The molecule has 0 spiro atoms. The molecule has 10 heteroatoms. The number of rotatable bonds is 17. The Hall–Kier alpha value is -4.09. The van der Waals surface area contributed by atoms with Crippen molar-refractivity contribution in [3.63, 3.8) is 0 Å². The summed E-state index contributed by atoms with van der Waals surface area (Å²) in [5.41, 5.74) is 12.3. The summed E-state index contributed by atoms with van der Waals surface area (Å²) in [5, 5.41) is 16.0. The number of carbonyl (C=O) groups excluding carboxylic acids is 2. The number of thioether (sulfide) groups is 2. The molecule has 0 aliphatic carbocycles. The van der Waals surface area contributed by atoms with Crippen molar-refractivity contribution in [2.24, 2.45) is 11.7 Å². The first kappa shape index (κ1) is 39.1. The molecule has 1 heterocycles. The fourth-order valence-electron chi connectivity index (χ4n) is 6.87. The number of nitrogens with zero attached hydrogens (tertiary/aromatic N) is 1. The molecule has 0 saturated carbocycles. The summed E-state index contributed by atoms with van der Waals surface area (Å²) in [7, 11) is 0. The van der Waals surface area contributed by atoms with Gasteiger partial charge in [-0.25, -0.2) is 4.79 Å². The number of benzene rings is 4. The first-order chi connectivity index (χ1) is 25.1. The number of carboxylic acids is 1. The van der Waals surface area contributed by atoms with Crippen LogP contribution in [0.3, 0.4) is 0 Å². The molecule has 0 bridgehead atoms. The Morgan fingerprint density at radius 3 is 1.87 bits per heavy atom. The number of hydrogen-bond acceptors (Lipinski definition) is 7. The fraction of sp³-hybridized carbons (Fsp3) is 0.357. The van der Waals surface area contributed by atoms with Crippen molar-refractivity contribution in [2.45, 2.75) is 62.1 Å². The Kier molecular flexibility index (Phi) is 14.0. The molecule has 1 aliphatic rings. The van der Waals surface area contributed by atoms with Crippen molar-refractivity contribution >= 4 is 41.3 Å². The normalized spacial score (nSPS) is 16.1. The molecule has 1 unspecified atom stereocenters. The van der Waals surface area contributed by atoms with Crippen LogP contribution >= 0.6 is 23.5 Å². The molecule has 1 aliphatic heterocycles. The van der Waals surface area contributed by atoms with E-state index in [1.165, 1.54) is 11.8 Å². The predicted octanol–water partition coefficient (Wildman–Crippen LogP) is 5.93. The van der Waals surface area contributed by atoms with Crippen molar-refractivity contribution in [1.82, 2.24) is 15.5 Å². The van der Waals surface area contributed by atoms with Crippen molar-refractivity contribution < 1.29 is 19.5 Å². The van der Waals surface area contributed by atoms with Gasteiger partial charge in [-0.2, -0.15) is 11.8 Å². The topological polar surface area (TPSA) is 125 Å². The lowest BCUT2D eigenvalue weighted by atomic mass is 9.84. The van der Waals surface area contributed by atoms with Gasteiger partial charge in [0, 0.05) is 31.3 Å². The zero-order chi connectivity index (χ0) is 37.1. The summed E-state index contributed by atoms with van der Waals surface area (Å²) in [4.78, 5) is 41.9. The second-order valence-electron chi connectivity index (χ2n) is 13.6. The number of carbonyl (C=O) groups is 3. The first-order valence-electron chi connectivity index (χ1n) is 17.8. The standard InChI is InChI=1S/C42H50N4O4S2/c1-29(2)38(40(48)46-27-31-16-14-13-15-30(31)25-37(46)39(47)45-36(41(49)50)23-24-51-3)44-26-35(43)28-52-42(32-17-7-4-8-18-32,33-19-9-5-10-20-33)34-21-11-6-12-22-34/h4-22,29,35-38,44H,23-28,43H2,1-3H3,(H,45,47)(H,49,50)/t35?,36-,37+,38-/m0/s1. The van der Waals surface area contributed by atoms with E-state index >= 15 is 0 Å². The van der Waals surface area contributed by atoms with E-state index in [0.717, 1.165) is 27.8 Å². The van der Waals surface area contributed by atoms with Gasteiger partial charge in [0.2, 0.25) is 11.8 Å². The molecule has 8 nitrogen and oxygen atoms in total. The van der Waals surface area contributed by atoms with E-state index in [1.807, 2.05) is 62.6 Å². The van der Waals surface area contributed by atoms with Gasteiger partial charge in [0.15, 0.2) is 0 Å². The highest BCUT2D eigenvalue weighted by Crippen LogP contribution is 2.48. The molecule has 0 radical (unpaired) electrons. The van der Waals surface area contributed by atoms with Crippen molar-refractivity contribution in [3.8, 4) is 0 Å². The summed E-state index contributed by atoms with van der Waals surface area (Å²) in [6, 6.07) is 36.5. The quantitative estimate of drug-likeness (QED) is 0.0984. The van der Waals surface area contributed by atoms with Crippen molar-refractivity contribution in [2.75, 3.05) is 24.3 Å². The molecule has 2 amide bonds. The van der Waals surface area contributed by atoms with Crippen molar-refractivity contribution in [3.05, 3.63) is 143 Å². The fourth-order valence-corrected chi connectivity index (χ4v) is 8.84. The van der Waals surface area contributed by atoms with Crippen LogP contribution in [-0.2, 0) is 32.1 Å². The number of hydrogen-bond donors (Lipinski definition) is 4. The minimum Gasteiger partial charge on any atom is -0.480 e. The van der Waals surface area contributed by atoms with Crippen LogP contribution in [-0.4, -0.2) is 76.3 Å². The highest BCUT2D eigenvalue weighted by molar-refractivity contribution is 8.00. The Morgan fingerprint density at radius 2 is 1.37 bits per heavy atom. The van der Waals surface area contributed by atoms with Gasteiger partial charge in [-0.1, -0.05) is 129 Å². The van der Waals surface area contributed by atoms with E-state index in [1.54, 1.807) is 16.7 Å². The molecular formula is C42H50N4O4S2. The van der Waals surface area contributed by atoms with E-state index in [-0.39, 0.29) is 24.4 Å². The summed E-state index contributed by atoms with van der Waals surface area (Å²) in [6.45, 7) is 4.61. The van der Waals surface area contributed by atoms with Crippen LogP contribution in [0.15, 0.2) is 115 Å². The van der Waals surface area contributed by atoms with Gasteiger partial charge in [0.05, 0.1) is 10.8 Å². The number of fused-ring (bicyclic) bond motifs is 1. The highest BCUT2D eigenvalue weighted by atomic mass is 32.2. The molecule has 5 rings (SSSR count). The van der Waals surface area contributed by atoms with Gasteiger partial charge in [0.25, 0.3) is 0 Å². The zero-order valence-corrected chi connectivity index (χ0v) is 31.7. The summed E-state index contributed by atoms with van der Waals surface area (Å²) in [6.07, 6.45) is 2.50. The third-order valence-electron chi connectivity index (χ3n) is 9.65. The van der Waals surface area contributed by atoms with Crippen molar-refractivity contribution in [1.29, 1.82) is 0 Å². The van der Waals surface area contributed by atoms with Gasteiger partial charge in [-0.15, -0.1) is 11.8 Å². The Morgan fingerprint density at radius 1 is 0.846 bits per heavy atom. The molecule has 0 fully saturated rings. The van der Waals surface area contributed by atoms with E-state index in [4.69, 9.17) is 5.73 Å². The average Bonchev–Trinajstić information content (AvgIpc) is 3.17. The van der Waals surface area contributed by atoms with Gasteiger partial charge >= 0.3 is 5.97 Å². The molecule has 4 aromatic rings. The van der Waals surface area contributed by atoms with Gasteiger partial charge in [0.1, 0.15) is 12.1 Å². The number of aliphatic carboxylic acids is 1. The highest BCUT2D eigenvalue weighted by Gasteiger charge is 2.40. The third kappa shape index (κ3) is 9.28. The summed E-state index contributed by atoms with van der Waals surface area (Å²) < 4.78 is -0.514. The number of nitrogens with two attached hydrogens (primary N) is 1. The predicted molar refractivity (Wildman–Crippen MR) is 213 cm³/mol. The maximum absolute atomic E-state index is 14.5. The molecule has 4 atom stereocenters. The van der Waals surface area contributed by atoms with Gasteiger partial charge < -0.3 is 26.4 Å².